The molecule has 2 unspecified atom stereocenters. The van der Waals surface area contributed by atoms with Crippen molar-refractivity contribution in [3.05, 3.63) is 27.0 Å². The predicted molar refractivity (Wildman–Crippen MR) is 71.9 cm³/mol. The van der Waals surface area contributed by atoms with E-state index in [1.165, 1.54) is 11.8 Å². The Bertz CT molecular complexity index is 632. The van der Waals surface area contributed by atoms with Gasteiger partial charge in [0.1, 0.15) is 0 Å². The van der Waals surface area contributed by atoms with E-state index in [0.29, 0.717) is 0 Å². The molecule has 0 fully saturated rings. The van der Waals surface area contributed by atoms with Crippen molar-refractivity contribution < 1.29 is 13.5 Å². The van der Waals surface area contributed by atoms with Gasteiger partial charge in [-0.3, -0.25) is 9.78 Å². The number of aliphatic hydroxyl groups excluding tert-OH is 1. The van der Waals surface area contributed by atoms with Crippen molar-refractivity contribution in [1.82, 2.24) is 14.7 Å². The van der Waals surface area contributed by atoms with Gasteiger partial charge in [-0.15, -0.1) is 0 Å². The molecule has 10 heteroatoms. The third-order valence-electron chi connectivity index (χ3n) is 2.46. The van der Waals surface area contributed by atoms with Gasteiger partial charge in [-0.1, -0.05) is 0 Å². The highest BCUT2D eigenvalue weighted by Gasteiger charge is 2.25. The molecule has 4 N–H and O–H groups in total. The first kappa shape index (κ1) is 16.0. The van der Waals surface area contributed by atoms with Crippen LogP contribution in [0.25, 0.3) is 0 Å². The number of hydrogen-bond donors (Lipinski definition) is 4. The molecule has 0 aromatic carbocycles. The highest BCUT2D eigenvalue weighted by Crippen LogP contribution is 2.12. The molecule has 0 bridgehead atoms. The van der Waals surface area contributed by atoms with Crippen molar-refractivity contribution in [3.63, 3.8) is 0 Å². The SMILES string of the molecule is CSC(CO)C(C)NS(=O)(=O)c1c[nH]c(=O)[nH]c1=O. The minimum atomic E-state index is -4.06. The van der Waals surface area contributed by atoms with E-state index in [2.05, 4.69) is 9.71 Å². The Morgan fingerprint density at radius 3 is 2.58 bits per heavy atom. The molecule has 2 atom stereocenters. The Hall–Kier alpha value is -1.10. The van der Waals surface area contributed by atoms with Gasteiger partial charge in [0.2, 0.25) is 10.0 Å². The van der Waals surface area contributed by atoms with E-state index in [1.807, 2.05) is 4.98 Å². The van der Waals surface area contributed by atoms with E-state index in [9.17, 15) is 18.0 Å². The second kappa shape index (κ2) is 6.37. The number of nitrogens with one attached hydrogen (secondary N) is 3. The summed E-state index contributed by atoms with van der Waals surface area (Å²) in [6, 6.07) is -0.573. The molecule has 1 aromatic heterocycles. The maximum Gasteiger partial charge on any atom is 0.325 e. The van der Waals surface area contributed by atoms with Crippen LogP contribution in [0.3, 0.4) is 0 Å². The van der Waals surface area contributed by atoms with Gasteiger partial charge in [0.05, 0.1) is 6.61 Å². The van der Waals surface area contributed by atoms with Gasteiger partial charge in [-0.05, 0) is 13.2 Å². The highest BCUT2D eigenvalue weighted by atomic mass is 32.2. The summed E-state index contributed by atoms with van der Waals surface area (Å²) in [6.07, 6.45) is 2.57. The van der Waals surface area contributed by atoms with Crippen molar-refractivity contribution in [2.45, 2.75) is 23.1 Å². The number of sulfonamides is 1. The van der Waals surface area contributed by atoms with Crippen LogP contribution in [0.15, 0.2) is 20.7 Å². The molecule has 108 valence electrons. The second-order valence-electron chi connectivity index (χ2n) is 3.80. The van der Waals surface area contributed by atoms with Gasteiger partial charge >= 0.3 is 5.69 Å². The summed E-state index contributed by atoms with van der Waals surface area (Å²) in [5.41, 5.74) is -1.78. The quantitative estimate of drug-likeness (QED) is 0.503. The monoisotopic (exact) mass is 309 g/mol. The van der Waals surface area contributed by atoms with E-state index in [1.54, 1.807) is 13.2 Å². The van der Waals surface area contributed by atoms with Crippen molar-refractivity contribution in [3.8, 4) is 0 Å². The molecule has 0 aliphatic carbocycles. The molecule has 0 saturated carbocycles. The third-order valence-corrected chi connectivity index (χ3v) is 5.18. The maximum absolute atomic E-state index is 12.0. The minimum absolute atomic E-state index is 0.202. The summed E-state index contributed by atoms with van der Waals surface area (Å²) < 4.78 is 26.2. The molecule has 1 rings (SSSR count). The summed E-state index contributed by atoms with van der Waals surface area (Å²) in [5, 5.41) is 8.75. The zero-order valence-corrected chi connectivity index (χ0v) is 12.0. The zero-order chi connectivity index (χ0) is 14.6. The lowest BCUT2D eigenvalue weighted by atomic mass is 10.3. The Labute approximate surface area is 113 Å². The van der Waals surface area contributed by atoms with Crippen molar-refractivity contribution in [2.75, 3.05) is 12.9 Å². The van der Waals surface area contributed by atoms with Crippen LogP contribution in [0.1, 0.15) is 6.92 Å². The number of hydrogen-bond acceptors (Lipinski definition) is 6. The molecule has 1 heterocycles. The van der Waals surface area contributed by atoms with Crippen LogP contribution in [-0.2, 0) is 10.0 Å². The summed E-state index contributed by atoms with van der Waals surface area (Å²) in [7, 11) is -4.06. The fourth-order valence-corrected chi connectivity index (χ4v) is 3.42. The fraction of sp³-hybridized carbons (Fsp3) is 0.556. The summed E-state index contributed by atoms with van der Waals surface area (Å²) in [4.78, 5) is 25.6. The molecule has 0 spiro atoms. The number of aromatic nitrogens is 2. The normalized spacial score (nSPS) is 15.1. The summed E-state index contributed by atoms with van der Waals surface area (Å²) in [5.74, 6) is 0. The molecular formula is C9H15N3O5S2. The topological polar surface area (TPSA) is 132 Å². The lowest BCUT2D eigenvalue weighted by Gasteiger charge is -2.20. The molecule has 1 aromatic rings. The highest BCUT2D eigenvalue weighted by molar-refractivity contribution is 7.99. The van der Waals surface area contributed by atoms with Gasteiger partial charge in [-0.25, -0.2) is 17.9 Å². The number of aromatic amines is 2. The number of H-pyrrole nitrogens is 2. The molecule has 0 amide bonds. The molecular weight excluding hydrogens is 294 g/mol. The van der Waals surface area contributed by atoms with Gasteiger partial charge in [-0.2, -0.15) is 11.8 Å². The molecule has 0 aliphatic heterocycles. The van der Waals surface area contributed by atoms with Gasteiger partial charge in [0, 0.05) is 17.5 Å². The van der Waals surface area contributed by atoms with Crippen LogP contribution in [0.2, 0.25) is 0 Å². The number of rotatable bonds is 6. The van der Waals surface area contributed by atoms with E-state index in [-0.39, 0.29) is 11.9 Å². The van der Waals surface area contributed by atoms with Crippen molar-refractivity contribution in [2.24, 2.45) is 0 Å². The first-order valence-corrected chi connectivity index (χ1v) is 8.07. The Morgan fingerprint density at radius 2 is 2.11 bits per heavy atom. The largest absolute Gasteiger partial charge is 0.395 e. The molecule has 0 radical (unpaired) electrons. The minimum Gasteiger partial charge on any atom is -0.395 e. The van der Waals surface area contributed by atoms with Crippen LogP contribution < -0.4 is 16.0 Å². The zero-order valence-electron chi connectivity index (χ0n) is 10.3. The van der Waals surface area contributed by atoms with Crippen LogP contribution in [0.5, 0.6) is 0 Å². The second-order valence-corrected chi connectivity index (χ2v) is 6.56. The Morgan fingerprint density at radius 1 is 1.47 bits per heavy atom. The van der Waals surface area contributed by atoms with E-state index >= 15 is 0 Å². The maximum atomic E-state index is 12.0. The Kier molecular flexibility index (Phi) is 5.35. The van der Waals surface area contributed by atoms with E-state index in [4.69, 9.17) is 5.11 Å². The number of thioether (sulfide) groups is 1. The first-order valence-electron chi connectivity index (χ1n) is 5.29. The molecule has 8 nitrogen and oxygen atoms in total. The molecule has 0 saturated heterocycles. The van der Waals surface area contributed by atoms with Crippen LogP contribution >= 0.6 is 11.8 Å². The molecule has 0 aliphatic rings. The predicted octanol–water partition coefficient (Wildman–Crippen LogP) is -1.55. The lowest BCUT2D eigenvalue weighted by molar-refractivity contribution is 0.282. The summed E-state index contributed by atoms with van der Waals surface area (Å²) >= 11 is 1.30. The summed E-state index contributed by atoms with van der Waals surface area (Å²) in [6.45, 7) is 1.38. The third kappa shape index (κ3) is 3.93. The average Bonchev–Trinajstić information content (AvgIpc) is 2.29. The van der Waals surface area contributed by atoms with Crippen molar-refractivity contribution >= 4 is 21.8 Å². The van der Waals surface area contributed by atoms with Crippen molar-refractivity contribution in [1.29, 1.82) is 0 Å². The van der Waals surface area contributed by atoms with Gasteiger partial charge in [0.25, 0.3) is 5.56 Å². The van der Waals surface area contributed by atoms with Crippen LogP contribution in [-0.4, -0.2) is 47.6 Å². The number of aliphatic hydroxyl groups is 1. The Balaban J connectivity index is 3.05. The van der Waals surface area contributed by atoms with Crippen LogP contribution in [0.4, 0.5) is 0 Å². The van der Waals surface area contributed by atoms with E-state index < -0.39 is 32.2 Å². The smallest absolute Gasteiger partial charge is 0.325 e. The van der Waals surface area contributed by atoms with Gasteiger partial charge < -0.3 is 10.1 Å². The molecule has 19 heavy (non-hydrogen) atoms. The first-order chi connectivity index (χ1) is 8.81. The average molecular weight is 309 g/mol. The fourth-order valence-electron chi connectivity index (χ4n) is 1.42. The van der Waals surface area contributed by atoms with E-state index in [0.717, 1.165) is 6.20 Å². The lowest BCUT2D eigenvalue weighted by Crippen LogP contribution is -2.43. The van der Waals surface area contributed by atoms with Gasteiger partial charge in [0.15, 0.2) is 4.90 Å². The standard InChI is InChI=1S/C9H15N3O5S2/c1-5(6(4-13)18-2)12-19(16,17)7-3-10-9(15)11-8(7)14/h3,5-6,12-13H,4H2,1-2H3,(H2,10,11,14,15). The van der Waals surface area contributed by atoms with Crippen LogP contribution in [0, 0.1) is 0 Å².